The highest BCUT2D eigenvalue weighted by atomic mass is 32.2. The van der Waals surface area contributed by atoms with Crippen LogP contribution in [0.15, 0.2) is 131 Å². The van der Waals surface area contributed by atoms with Gasteiger partial charge in [0.1, 0.15) is 0 Å². The predicted molar refractivity (Wildman–Crippen MR) is 180 cm³/mol. The van der Waals surface area contributed by atoms with Gasteiger partial charge in [0.05, 0.1) is 17.1 Å². The SMILES string of the molecule is CC(CCC1C2C=CC=CC2N(c2ccccc2)C1C)Sc1ccc2c3cccc(S)c3n(-c3ccccc3)c2c1. The highest BCUT2D eigenvalue weighted by molar-refractivity contribution is 8.00. The molecule has 1 aliphatic heterocycles. The van der Waals surface area contributed by atoms with Gasteiger partial charge in [-0.2, -0.15) is 0 Å². The van der Waals surface area contributed by atoms with E-state index in [0.717, 1.165) is 4.90 Å². The van der Waals surface area contributed by atoms with Crippen LogP contribution in [-0.2, 0) is 0 Å². The Hall–Kier alpha value is -3.34. The molecule has 206 valence electrons. The minimum atomic E-state index is 0.449. The molecule has 0 radical (unpaired) electrons. The Balaban J connectivity index is 1.13. The lowest BCUT2D eigenvalue weighted by Crippen LogP contribution is -2.35. The quantitative estimate of drug-likeness (QED) is 0.153. The van der Waals surface area contributed by atoms with Crippen LogP contribution >= 0.6 is 24.4 Å². The fourth-order valence-electron chi connectivity index (χ4n) is 7.19. The molecule has 7 rings (SSSR count). The molecule has 4 aromatic carbocycles. The van der Waals surface area contributed by atoms with Crippen LogP contribution < -0.4 is 4.90 Å². The van der Waals surface area contributed by atoms with Crippen molar-refractivity contribution in [1.82, 2.24) is 4.57 Å². The van der Waals surface area contributed by atoms with E-state index in [1.807, 2.05) is 11.8 Å². The lowest BCUT2D eigenvalue weighted by molar-refractivity contribution is 0.382. The molecule has 1 fully saturated rings. The van der Waals surface area contributed by atoms with Gasteiger partial charge in [-0.25, -0.2) is 0 Å². The molecule has 0 spiro atoms. The van der Waals surface area contributed by atoms with Crippen molar-refractivity contribution in [3.63, 3.8) is 0 Å². The smallest absolute Gasteiger partial charge is 0.0674 e. The summed E-state index contributed by atoms with van der Waals surface area (Å²) in [6, 6.07) is 36.0. The molecule has 1 aliphatic carbocycles. The standard InChI is InChI=1S/C37H36N2S2/c1-25(20-22-30-26(2)38(27-12-5-3-6-13-27)34-18-10-9-16-31(30)34)41-29-21-23-32-33-17-11-19-36(40)37(33)39(35(32)24-29)28-14-7-4-8-15-28/h3-19,21,23-26,30-31,34,40H,20,22H2,1-2H3. The van der Waals surface area contributed by atoms with Crippen molar-refractivity contribution in [3.8, 4) is 5.69 Å². The van der Waals surface area contributed by atoms with Crippen molar-refractivity contribution in [2.45, 2.75) is 53.8 Å². The van der Waals surface area contributed by atoms with E-state index in [9.17, 15) is 0 Å². The maximum Gasteiger partial charge on any atom is 0.0674 e. The molecule has 0 N–H and O–H groups in total. The Morgan fingerprint density at radius 3 is 2.32 bits per heavy atom. The number of fused-ring (bicyclic) bond motifs is 4. The molecule has 5 atom stereocenters. The van der Waals surface area contributed by atoms with E-state index in [0.29, 0.717) is 29.2 Å². The first kappa shape index (κ1) is 26.6. The summed E-state index contributed by atoms with van der Waals surface area (Å²) in [6.07, 6.45) is 11.8. The van der Waals surface area contributed by atoms with Crippen LogP contribution in [0.2, 0.25) is 0 Å². The van der Waals surface area contributed by atoms with Gasteiger partial charge in [-0.3, -0.25) is 0 Å². The lowest BCUT2D eigenvalue weighted by Gasteiger charge is -2.31. The Morgan fingerprint density at radius 2 is 1.54 bits per heavy atom. The van der Waals surface area contributed by atoms with Gasteiger partial charge >= 0.3 is 0 Å². The summed E-state index contributed by atoms with van der Waals surface area (Å²) in [4.78, 5) is 4.99. The average molecular weight is 573 g/mol. The number of para-hydroxylation sites is 3. The molecular weight excluding hydrogens is 537 g/mol. The van der Waals surface area contributed by atoms with E-state index >= 15 is 0 Å². The summed E-state index contributed by atoms with van der Waals surface area (Å²) in [6.45, 7) is 4.83. The molecule has 2 nitrogen and oxygen atoms in total. The minimum Gasteiger partial charge on any atom is -0.361 e. The zero-order valence-corrected chi connectivity index (χ0v) is 25.3. The predicted octanol–water partition coefficient (Wildman–Crippen LogP) is 9.97. The van der Waals surface area contributed by atoms with Crippen molar-refractivity contribution in [2.75, 3.05) is 4.90 Å². The number of allylic oxidation sites excluding steroid dienone is 2. The molecule has 1 aromatic heterocycles. The minimum absolute atomic E-state index is 0.449. The van der Waals surface area contributed by atoms with Gasteiger partial charge in [-0.15, -0.1) is 24.4 Å². The number of nitrogens with zero attached hydrogens (tertiary/aromatic N) is 2. The van der Waals surface area contributed by atoms with E-state index in [1.165, 1.54) is 50.9 Å². The fourth-order valence-corrected chi connectivity index (χ4v) is 8.54. The van der Waals surface area contributed by atoms with Gasteiger partial charge in [0.25, 0.3) is 0 Å². The summed E-state index contributed by atoms with van der Waals surface area (Å²) in [7, 11) is 0. The summed E-state index contributed by atoms with van der Waals surface area (Å²) in [5.41, 5.74) is 4.93. The van der Waals surface area contributed by atoms with Crippen molar-refractivity contribution in [1.29, 1.82) is 0 Å². The monoisotopic (exact) mass is 572 g/mol. The van der Waals surface area contributed by atoms with Crippen molar-refractivity contribution in [3.05, 3.63) is 121 Å². The lowest BCUT2D eigenvalue weighted by atomic mass is 9.82. The number of hydrogen-bond donors (Lipinski definition) is 1. The molecule has 0 saturated carbocycles. The molecule has 4 heteroatoms. The summed E-state index contributed by atoms with van der Waals surface area (Å²) >= 11 is 6.87. The number of benzene rings is 4. The van der Waals surface area contributed by atoms with Crippen molar-refractivity contribution >= 4 is 51.9 Å². The number of rotatable bonds is 7. The zero-order chi connectivity index (χ0) is 27.9. The van der Waals surface area contributed by atoms with Gasteiger partial charge in [-0.05, 0) is 68.1 Å². The second-order valence-corrected chi connectivity index (χ2v) is 13.5. The van der Waals surface area contributed by atoms with E-state index in [4.69, 9.17) is 12.6 Å². The number of thioether (sulfide) groups is 1. The fraction of sp³-hybridized carbons (Fsp3) is 0.243. The van der Waals surface area contributed by atoms with Gasteiger partial charge in [0.15, 0.2) is 0 Å². The summed E-state index contributed by atoms with van der Waals surface area (Å²) < 4.78 is 2.38. The number of thiol groups is 1. The Morgan fingerprint density at radius 1 is 0.805 bits per heavy atom. The normalized spacial score (nSPS) is 22.5. The Bertz CT molecular complexity index is 1740. The largest absolute Gasteiger partial charge is 0.361 e. The van der Waals surface area contributed by atoms with Crippen LogP contribution in [0.25, 0.3) is 27.5 Å². The second kappa shape index (κ2) is 11.2. The maximum atomic E-state index is 4.86. The van der Waals surface area contributed by atoms with E-state index in [2.05, 4.69) is 145 Å². The molecule has 5 unspecified atom stereocenters. The number of anilines is 1. The van der Waals surface area contributed by atoms with Crippen LogP contribution in [0.3, 0.4) is 0 Å². The first-order valence-corrected chi connectivity index (χ1v) is 16.1. The summed E-state index contributed by atoms with van der Waals surface area (Å²) in [5.74, 6) is 1.21. The number of hydrogen-bond acceptors (Lipinski definition) is 3. The van der Waals surface area contributed by atoms with E-state index in [1.54, 1.807) is 0 Å². The maximum absolute atomic E-state index is 4.86. The van der Waals surface area contributed by atoms with Crippen molar-refractivity contribution < 1.29 is 0 Å². The second-order valence-electron chi connectivity index (χ2n) is 11.5. The topological polar surface area (TPSA) is 8.17 Å². The van der Waals surface area contributed by atoms with Crippen LogP contribution in [0.5, 0.6) is 0 Å². The Labute approximate surface area is 253 Å². The first-order valence-electron chi connectivity index (χ1n) is 14.8. The molecule has 41 heavy (non-hydrogen) atoms. The van der Waals surface area contributed by atoms with Crippen LogP contribution in [0.4, 0.5) is 5.69 Å². The highest BCUT2D eigenvalue weighted by Gasteiger charge is 2.44. The van der Waals surface area contributed by atoms with Crippen LogP contribution in [0.1, 0.15) is 26.7 Å². The number of aromatic nitrogens is 1. The molecule has 1 saturated heterocycles. The third-order valence-electron chi connectivity index (χ3n) is 9.07. The zero-order valence-electron chi connectivity index (χ0n) is 23.6. The molecule has 5 aromatic rings. The van der Waals surface area contributed by atoms with Crippen molar-refractivity contribution in [2.24, 2.45) is 11.8 Å². The van der Waals surface area contributed by atoms with Crippen LogP contribution in [0, 0.1) is 11.8 Å². The molecule has 0 amide bonds. The molecule has 0 bridgehead atoms. The first-order chi connectivity index (χ1) is 20.1. The molecule has 2 aliphatic rings. The third kappa shape index (κ3) is 4.81. The van der Waals surface area contributed by atoms with E-state index < -0.39 is 0 Å². The summed E-state index contributed by atoms with van der Waals surface area (Å²) in [5, 5.41) is 3.06. The van der Waals surface area contributed by atoms with Gasteiger partial charge in [0.2, 0.25) is 0 Å². The molecular formula is C37H36N2S2. The average Bonchev–Trinajstić information content (AvgIpc) is 3.48. The highest BCUT2D eigenvalue weighted by Crippen LogP contribution is 2.45. The third-order valence-corrected chi connectivity index (χ3v) is 10.6. The van der Waals surface area contributed by atoms with Gasteiger partial charge < -0.3 is 9.47 Å². The van der Waals surface area contributed by atoms with E-state index in [-0.39, 0.29) is 0 Å². The molecule has 2 heterocycles. The van der Waals surface area contributed by atoms with Gasteiger partial charge in [-0.1, -0.05) is 85.8 Å². The Kier molecular flexibility index (Phi) is 7.22. The van der Waals surface area contributed by atoms with Crippen LogP contribution in [-0.4, -0.2) is 21.9 Å². The van der Waals surface area contributed by atoms with Gasteiger partial charge in [0, 0.05) is 49.1 Å².